The van der Waals surface area contributed by atoms with Gasteiger partial charge in [0, 0.05) is 11.8 Å². The lowest BCUT2D eigenvalue weighted by atomic mass is 9.46. The van der Waals surface area contributed by atoms with Crippen molar-refractivity contribution in [2.75, 3.05) is 6.61 Å². The smallest absolute Gasteiger partial charge is 0.155 e. The van der Waals surface area contributed by atoms with E-state index in [-0.39, 0.29) is 5.60 Å². The predicted molar refractivity (Wildman–Crippen MR) is 101 cm³/mol. The van der Waals surface area contributed by atoms with Crippen molar-refractivity contribution in [3.63, 3.8) is 0 Å². The highest BCUT2D eigenvalue weighted by molar-refractivity contribution is 5.91. The molecule has 5 aliphatic carbocycles. The number of ether oxygens (including phenoxy) is 1. The maximum Gasteiger partial charge on any atom is 0.155 e. The zero-order chi connectivity index (χ0) is 17.7. The van der Waals surface area contributed by atoms with E-state index in [1.165, 1.54) is 37.7 Å². The quantitative estimate of drug-likeness (QED) is 0.625. The molecular weight excluding hydrogens is 320 g/mol. The average molecular weight is 353 g/mol. The number of carbonyl (C=O) groups is 1. The third-order valence-corrected chi connectivity index (χ3v) is 9.78. The number of rotatable bonds is 1. The normalized spacial score (nSPS) is 56.6. The van der Waals surface area contributed by atoms with Crippen molar-refractivity contribution in [3.05, 3.63) is 23.8 Å². The summed E-state index contributed by atoms with van der Waals surface area (Å²) in [5.74, 6) is 6.10. The summed E-state index contributed by atoms with van der Waals surface area (Å²) < 4.78 is 6.53. The van der Waals surface area contributed by atoms with Gasteiger partial charge in [-0.15, -0.1) is 0 Å². The van der Waals surface area contributed by atoms with Crippen LogP contribution in [0.3, 0.4) is 0 Å². The van der Waals surface area contributed by atoms with Gasteiger partial charge < -0.3 is 4.74 Å². The number of allylic oxidation sites excluding steroid dienone is 1. The van der Waals surface area contributed by atoms with Crippen LogP contribution in [0.25, 0.3) is 0 Å². The van der Waals surface area contributed by atoms with Gasteiger partial charge in [-0.05, 0) is 79.6 Å². The number of hydrogen-bond acceptors (Lipinski definition) is 2. The molecule has 1 spiro atoms. The Kier molecular flexibility index (Phi) is 3.18. The first-order valence-electron chi connectivity index (χ1n) is 11.1. The molecule has 2 heteroatoms. The van der Waals surface area contributed by atoms with Crippen molar-refractivity contribution in [1.29, 1.82) is 0 Å². The first-order valence-corrected chi connectivity index (χ1v) is 11.1. The Hall–Kier alpha value is -0.890. The van der Waals surface area contributed by atoms with E-state index in [4.69, 9.17) is 4.74 Å². The van der Waals surface area contributed by atoms with E-state index < -0.39 is 0 Å². The predicted octanol–water partition coefficient (Wildman–Crippen LogP) is 4.95. The molecular formula is C24H32O2. The van der Waals surface area contributed by atoms with E-state index in [2.05, 4.69) is 32.1 Å². The molecule has 0 aromatic rings. The molecule has 0 saturated heterocycles. The zero-order valence-corrected chi connectivity index (χ0v) is 16.2. The van der Waals surface area contributed by atoms with Gasteiger partial charge in [-0.3, -0.25) is 4.79 Å². The third-order valence-electron chi connectivity index (χ3n) is 9.78. The lowest BCUT2D eigenvalue weighted by molar-refractivity contribution is -0.141. The Bertz CT molecular complexity index is 720. The minimum atomic E-state index is 0.0598. The molecule has 0 N–H and O–H groups in total. The topological polar surface area (TPSA) is 26.3 Å². The first kappa shape index (κ1) is 16.1. The zero-order valence-electron chi connectivity index (χ0n) is 16.2. The number of carbonyl (C=O) groups excluding carboxylic acids is 1. The van der Waals surface area contributed by atoms with Crippen LogP contribution in [0.5, 0.6) is 0 Å². The molecule has 140 valence electrons. The SMILES string of the molecule is CCC1CC2=CC(=O)CC[C@@H]2C2CC[C@@]3(C)C(C4CC4[C@@]34C=CCO4)C12. The Balaban J connectivity index is 1.42. The lowest BCUT2D eigenvalue weighted by Crippen LogP contribution is -2.56. The highest BCUT2D eigenvalue weighted by Gasteiger charge is 2.76. The van der Waals surface area contributed by atoms with Crippen LogP contribution in [0.15, 0.2) is 23.8 Å². The van der Waals surface area contributed by atoms with E-state index >= 15 is 0 Å². The van der Waals surface area contributed by atoms with Crippen LogP contribution >= 0.6 is 0 Å². The summed E-state index contributed by atoms with van der Waals surface area (Å²) in [6, 6.07) is 0. The van der Waals surface area contributed by atoms with Gasteiger partial charge in [-0.1, -0.05) is 38.0 Å². The molecule has 9 atom stereocenters. The number of fused-ring (bicyclic) bond motifs is 9. The molecule has 0 bridgehead atoms. The lowest BCUT2D eigenvalue weighted by Gasteiger charge is -2.59. The molecule has 1 aliphatic heterocycles. The molecule has 6 rings (SSSR count). The third kappa shape index (κ3) is 1.76. The van der Waals surface area contributed by atoms with Gasteiger partial charge in [-0.25, -0.2) is 0 Å². The second kappa shape index (κ2) is 5.13. The minimum Gasteiger partial charge on any atom is -0.366 e. The second-order valence-corrected chi connectivity index (χ2v) is 10.4. The summed E-state index contributed by atoms with van der Waals surface area (Å²) >= 11 is 0. The highest BCUT2D eigenvalue weighted by Crippen LogP contribution is 2.78. The van der Waals surface area contributed by atoms with Gasteiger partial charge in [0.1, 0.15) is 0 Å². The summed E-state index contributed by atoms with van der Waals surface area (Å²) in [7, 11) is 0. The molecule has 26 heavy (non-hydrogen) atoms. The summed E-state index contributed by atoms with van der Waals surface area (Å²) in [6.07, 6.45) is 15.3. The van der Waals surface area contributed by atoms with Gasteiger partial charge >= 0.3 is 0 Å². The number of ketones is 1. The second-order valence-electron chi connectivity index (χ2n) is 10.4. The van der Waals surface area contributed by atoms with Crippen molar-refractivity contribution in [2.24, 2.45) is 46.8 Å². The molecule has 0 radical (unpaired) electrons. The minimum absolute atomic E-state index is 0.0598. The van der Waals surface area contributed by atoms with Crippen LogP contribution in [0, 0.1) is 46.8 Å². The Labute approximate surface area is 157 Å². The van der Waals surface area contributed by atoms with Gasteiger partial charge in [0.15, 0.2) is 5.78 Å². The molecule has 0 amide bonds. The fourth-order valence-electron chi connectivity index (χ4n) is 8.84. The summed E-state index contributed by atoms with van der Waals surface area (Å²) in [5, 5.41) is 0. The molecule has 6 aliphatic rings. The summed E-state index contributed by atoms with van der Waals surface area (Å²) in [6.45, 7) is 5.80. The molecule has 1 heterocycles. The van der Waals surface area contributed by atoms with Crippen molar-refractivity contribution < 1.29 is 9.53 Å². The van der Waals surface area contributed by atoms with Crippen LogP contribution in [-0.2, 0) is 9.53 Å². The molecule has 4 fully saturated rings. The summed E-state index contributed by atoms with van der Waals surface area (Å²) in [5.41, 5.74) is 1.92. The summed E-state index contributed by atoms with van der Waals surface area (Å²) in [4.78, 5) is 12.0. The van der Waals surface area contributed by atoms with E-state index in [0.717, 1.165) is 55.0 Å². The van der Waals surface area contributed by atoms with Gasteiger partial charge in [0.2, 0.25) is 0 Å². The maximum atomic E-state index is 12.0. The standard InChI is InChI=1S/C24H32O2/c1-3-14-11-15-12-16(25)5-6-17(15)18-7-9-23(2)22(21(14)18)19-13-20(19)24(23)8-4-10-26-24/h4,8,12,14,17-22H,3,5-7,9-11,13H2,1-2H3/t14?,17-,18?,19?,20?,21?,22?,23-,24-/m0/s1. The maximum absolute atomic E-state index is 12.0. The van der Waals surface area contributed by atoms with E-state index in [0.29, 0.717) is 17.1 Å². The van der Waals surface area contributed by atoms with Gasteiger partial charge in [0.05, 0.1) is 12.2 Å². The first-order chi connectivity index (χ1) is 12.6. The van der Waals surface area contributed by atoms with Crippen molar-refractivity contribution >= 4 is 5.78 Å². The highest BCUT2D eigenvalue weighted by atomic mass is 16.5. The average Bonchev–Trinajstić information content (AvgIpc) is 3.20. The van der Waals surface area contributed by atoms with E-state index in [1.807, 2.05) is 0 Å². The molecule has 2 nitrogen and oxygen atoms in total. The number of hydrogen-bond donors (Lipinski definition) is 0. The largest absolute Gasteiger partial charge is 0.366 e. The van der Waals surface area contributed by atoms with Crippen LogP contribution < -0.4 is 0 Å². The Morgan fingerprint density at radius 1 is 1.27 bits per heavy atom. The van der Waals surface area contributed by atoms with Crippen molar-refractivity contribution in [2.45, 2.75) is 64.4 Å². The Morgan fingerprint density at radius 2 is 2.15 bits per heavy atom. The van der Waals surface area contributed by atoms with Crippen molar-refractivity contribution in [1.82, 2.24) is 0 Å². The van der Waals surface area contributed by atoms with Gasteiger partial charge in [-0.2, -0.15) is 0 Å². The molecule has 0 aromatic carbocycles. The van der Waals surface area contributed by atoms with E-state index in [1.54, 1.807) is 0 Å². The van der Waals surface area contributed by atoms with Crippen LogP contribution in [0.4, 0.5) is 0 Å². The van der Waals surface area contributed by atoms with Crippen LogP contribution in [0.2, 0.25) is 0 Å². The fraction of sp³-hybridized carbons (Fsp3) is 0.792. The molecule has 0 aromatic heterocycles. The van der Waals surface area contributed by atoms with Crippen molar-refractivity contribution in [3.8, 4) is 0 Å². The fourth-order valence-corrected chi connectivity index (χ4v) is 8.84. The Morgan fingerprint density at radius 3 is 2.92 bits per heavy atom. The molecule has 6 unspecified atom stereocenters. The monoisotopic (exact) mass is 352 g/mol. The van der Waals surface area contributed by atoms with Crippen LogP contribution in [0.1, 0.15) is 58.8 Å². The van der Waals surface area contributed by atoms with E-state index in [9.17, 15) is 4.79 Å². The van der Waals surface area contributed by atoms with Crippen LogP contribution in [-0.4, -0.2) is 18.0 Å². The molecule has 4 saturated carbocycles. The van der Waals surface area contributed by atoms with Gasteiger partial charge in [0.25, 0.3) is 0 Å².